The van der Waals surface area contributed by atoms with Crippen LogP contribution in [0.5, 0.6) is 5.75 Å². The first-order valence-corrected chi connectivity index (χ1v) is 9.44. The molecule has 2 aromatic carbocycles. The molecular formula is C22H26N2O5. The molecule has 0 bridgehead atoms. The normalized spacial score (nSPS) is 11.6. The molecule has 29 heavy (non-hydrogen) atoms. The van der Waals surface area contributed by atoms with Crippen LogP contribution < -0.4 is 15.4 Å². The second-order valence-electron chi connectivity index (χ2n) is 6.91. The number of amides is 2. The zero-order valence-corrected chi connectivity index (χ0v) is 17.0. The summed E-state index contributed by atoms with van der Waals surface area (Å²) in [6, 6.07) is 10.9. The Balaban J connectivity index is 2.26. The van der Waals surface area contributed by atoms with E-state index in [9.17, 15) is 14.4 Å². The third kappa shape index (κ3) is 5.81. The number of carbonyl (C=O) groups is 3. The van der Waals surface area contributed by atoms with Crippen LogP contribution in [-0.4, -0.2) is 29.5 Å². The number of carboxylic acid groups (broad SMARTS) is 1. The number of ether oxygens (including phenoxy) is 1. The van der Waals surface area contributed by atoms with Gasteiger partial charge in [-0.15, -0.1) is 0 Å². The lowest BCUT2D eigenvalue weighted by molar-refractivity contribution is -0.118. The predicted octanol–water partition coefficient (Wildman–Crippen LogP) is 3.87. The minimum atomic E-state index is -1.03. The van der Waals surface area contributed by atoms with Gasteiger partial charge in [-0.1, -0.05) is 26.0 Å². The van der Waals surface area contributed by atoms with E-state index in [-0.39, 0.29) is 28.9 Å². The van der Waals surface area contributed by atoms with Crippen LogP contribution in [0.2, 0.25) is 0 Å². The topological polar surface area (TPSA) is 105 Å². The molecule has 0 fully saturated rings. The number of rotatable bonds is 8. The highest BCUT2D eigenvalue weighted by molar-refractivity contribution is 6.00. The number of hydrogen-bond donors (Lipinski definition) is 3. The Kier molecular flexibility index (Phi) is 7.36. The van der Waals surface area contributed by atoms with Crippen molar-refractivity contribution in [2.75, 3.05) is 11.9 Å². The van der Waals surface area contributed by atoms with E-state index < -0.39 is 12.0 Å². The molecule has 0 aliphatic carbocycles. The molecule has 154 valence electrons. The quantitative estimate of drug-likeness (QED) is 0.626. The zero-order valence-electron chi connectivity index (χ0n) is 17.0. The summed E-state index contributed by atoms with van der Waals surface area (Å²) in [6.45, 7) is 7.53. The van der Waals surface area contributed by atoms with Gasteiger partial charge < -0.3 is 20.5 Å². The molecule has 0 spiro atoms. The smallest absolute Gasteiger partial charge is 0.335 e. The van der Waals surface area contributed by atoms with Gasteiger partial charge in [0.1, 0.15) is 5.75 Å². The number of carbonyl (C=O) groups excluding carboxylic acids is 2. The Morgan fingerprint density at radius 2 is 1.79 bits per heavy atom. The second kappa shape index (κ2) is 9.73. The van der Waals surface area contributed by atoms with Crippen molar-refractivity contribution in [3.63, 3.8) is 0 Å². The molecule has 7 nitrogen and oxygen atoms in total. The second-order valence-corrected chi connectivity index (χ2v) is 6.91. The molecule has 2 rings (SSSR count). The largest absolute Gasteiger partial charge is 0.493 e. The van der Waals surface area contributed by atoms with Gasteiger partial charge in [-0.05, 0) is 49.7 Å². The lowest BCUT2D eigenvalue weighted by Gasteiger charge is -2.17. The molecule has 0 saturated heterocycles. The van der Waals surface area contributed by atoms with Crippen molar-refractivity contribution >= 4 is 23.5 Å². The molecule has 2 aromatic rings. The summed E-state index contributed by atoms with van der Waals surface area (Å²) >= 11 is 0. The van der Waals surface area contributed by atoms with Crippen LogP contribution in [0, 0.1) is 5.92 Å². The van der Waals surface area contributed by atoms with Crippen LogP contribution in [0.3, 0.4) is 0 Å². The highest BCUT2D eigenvalue weighted by Gasteiger charge is 2.18. The number of benzene rings is 2. The van der Waals surface area contributed by atoms with Gasteiger partial charge in [0.15, 0.2) is 0 Å². The summed E-state index contributed by atoms with van der Waals surface area (Å²) in [5.74, 6) is -1.36. The van der Waals surface area contributed by atoms with Gasteiger partial charge in [0.05, 0.1) is 23.8 Å². The maximum Gasteiger partial charge on any atom is 0.335 e. The summed E-state index contributed by atoms with van der Waals surface area (Å²) in [5, 5.41) is 14.8. The molecule has 3 N–H and O–H groups in total. The van der Waals surface area contributed by atoms with Crippen molar-refractivity contribution in [2.45, 2.75) is 33.7 Å². The Morgan fingerprint density at radius 3 is 2.41 bits per heavy atom. The Hall–Kier alpha value is -3.35. The van der Waals surface area contributed by atoms with Crippen molar-refractivity contribution in [1.29, 1.82) is 0 Å². The van der Waals surface area contributed by atoms with Gasteiger partial charge in [0.2, 0.25) is 5.91 Å². The molecule has 0 heterocycles. The minimum Gasteiger partial charge on any atom is -0.493 e. The van der Waals surface area contributed by atoms with Crippen molar-refractivity contribution in [3.05, 3.63) is 59.2 Å². The van der Waals surface area contributed by atoms with Crippen LogP contribution in [0.25, 0.3) is 0 Å². The molecular weight excluding hydrogens is 372 g/mol. The van der Waals surface area contributed by atoms with E-state index >= 15 is 0 Å². The molecule has 0 aromatic heterocycles. The van der Waals surface area contributed by atoms with Gasteiger partial charge in [-0.25, -0.2) is 4.79 Å². The molecule has 0 radical (unpaired) electrons. The fourth-order valence-electron chi connectivity index (χ4n) is 2.65. The summed E-state index contributed by atoms with van der Waals surface area (Å²) in [7, 11) is 0. The molecule has 1 atom stereocenters. The average Bonchev–Trinajstić information content (AvgIpc) is 2.69. The first-order chi connectivity index (χ1) is 13.7. The number of anilines is 1. The first kappa shape index (κ1) is 21.9. The summed E-state index contributed by atoms with van der Waals surface area (Å²) in [6.07, 6.45) is 0. The predicted molar refractivity (Wildman–Crippen MR) is 110 cm³/mol. The van der Waals surface area contributed by atoms with Gasteiger partial charge in [0, 0.05) is 11.6 Å². The van der Waals surface area contributed by atoms with Gasteiger partial charge >= 0.3 is 5.97 Å². The van der Waals surface area contributed by atoms with E-state index in [1.807, 2.05) is 6.92 Å². The van der Waals surface area contributed by atoms with Gasteiger partial charge in [0.25, 0.3) is 5.91 Å². The maximum absolute atomic E-state index is 12.9. The van der Waals surface area contributed by atoms with Crippen LogP contribution in [0.4, 0.5) is 5.69 Å². The number of nitrogens with one attached hydrogen (secondary N) is 2. The van der Waals surface area contributed by atoms with E-state index in [4.69, 9.17) is 9.84 Å². The van der Waals surface area contributed by atoms with Crippen LogP contribution in [0.15, 0.2) is 42.5 Å². The van der Waals surface area contributed by atoms with E-state index in [1.54, 1.807) is 51.1 Å². The van der Waals surface area contributed by atoms with Gasteiger partial charge in [-0.2, -0.15) is 0 Å². The Morgan fingerprint density at radius 1 is 1.07 bits per heavy atom. The molecule has 7 heteroatoms. The van der Waals surface area contributed by atoms with Crippen molar-refractivity contribution in [2.24, 2.45) is 5.92 Å². The molecule has 1 unspecified atom stereocenters. The number of carboxylic acids is 1. The fourth-order valence-corrected chi connectivity index (χ4v) is 2.65. The Bertz CT molecular complexity index is 908. The third-order valence-electron chi connectivity index (χ3n) is 4.30. The highest BCUT2D eigenvalue weighted by Crippen LogP contribution is 2.25. The summed E-state index contributed by atoms with van der Waals surface area (Å²) in [5.41, 5.74) is 1.60. The highest BCUT2D eigenvalue weighted by atomic mass is 16.5. The summed E-state index contributed by atoms with van der Waals surface area (Å²) in [4.78, 5) is 36.0. The average molecular weight is 398 g/mol. The number of hydrogen-bond acceptors (Lipinski definition) is 4. The molecule has 2 amide bonds. The van der Waals surface area contributed by atoms with E-state index in [1.165, 1.54) is 12.1 Å². The van der Waals surface area contributed by atoms with Crippen LogP contribution in [-0.2, 0) is 4.79 Å². The summed E-state index contributed by atoms with van der Waals surface area (Å²) < 4.78 is 5.55. The molecule has 0 aliphatic rings. The third-order valence-corrected chi connectivity index (χ3v) is 4.30. The standard InChI is InChI=1S/C22H26N2O5/c1-5-29-19-10-9-17(24-20(25)13(2)3)12-18(19)21(26)23-14(4)15-7-6-8-16(11-15)22(27)28/h6-14H,5H2,1-4H3,(H,23,26)(H,24,25)(H,27,28). The zero-order chi connectivity index (χ0) is 21.6. The van der Waals surface area contributed by atoms with E-state index in [0.717, 1.165) is 0 Å². The van der Waals surface area contributed by atoms with Crippen molar-refractivity contribution in [3.8, 4) is 5.75 Å². The fraction of sp³-hybridized carbons (Fsp3) is 0.318. The molecule has 0 saturated carbocycles. The minimum absolute atomic E-state index is 0.150. The van der Waals surface area contributed by atoms with Crippen molar-refractivity contribution in [1.82, 2.24) is 5.32 Å². The van der Waals surface area contributed by atoms with Crippen molar-refractivity contribution < 1.29 is 24.2 Å². The van der Waals surface area contributed by atoms with E-state index in [2.05, 4.69) is 10.6 Å². The van der Waals surface area contributed by atoms with Gasteiger partial charge in [-0.3, -0.25) is 9.59 Å². The molecule has 0 aliphatic heterocycles. The first-order valence-electron chi connectivity index (χ1n) is 9.44. The van der Waals surface area contributed by atoms with Crippen LogP contribution in [0.1, 0.15) is 60.0 Å². The Labute approximate surface area is 170 Å². The van der Waals surface area contributed by atoms with E-state index in [0.29, 0.717) is 23.6 Å². The monoisotopic (exact) mass is 398 g/mol. The maximum atomic E-state index is 12.9. The lowest BCUT2D eigenvalue weighted by atomic mass is 10.0. The SMILES string of the molecule is CCOc1ccc(NC(=O)C(C)C)cc1C(=O)NC(C)c1cccc(C(=O)O)c1. The van der Waals surface area contributed by atoms with Crippen LogP contribution >= 0.6 is 0 Å². The lowest BCUT2D eigenvalue weighted by Crippen LogP contribution is -2.27. The number of aromatic carboxylic acids is 1.